The lowest BCUT2D eigenvalue weighted by Crippen LogP contribution is -2.15. The first-order valence-corrected chi connectivity index (χ1v) is 6.85. The second-order valence-corrected chi connectivity index (χ2v) is 5.44. The highest BCUT2D eigenvalue weighted by Crippen LogP contribution is 2.28. The highest BCUT2D eigenvalue weighted by atomic mass is 16.5. The lowest BCUT2D eigenvalue weighted by molar-refractivity contribution is -0.131. The summed E-state index contributed by atoms with van der Waals surface area (Å²) in [5.41, 5.74) is 1.85. The molecule has 1 heterocycles. The second kappa shape index (κ2) is 5.53. The zero-order chi connectivity index (χ0) is 14.9. The fourth-order valence-electron chi connectivity index (χ4n) is 2.19. The number of carbonyl (C=O) groups excluding carboxylic acids is 1. The van der Waals surface area contributed by atoms with Gasteiger partial charge in [-0.1, -0.05) is 0 Å². The maximum Gasteiger partial charge on any atom is 0.308 e. The van der Waals surface area contributed by atoms with Crippen molar-refractivity contribution in [2.24, 2.45) is 0 Å². The standard InChI is InChI=1S/C15H21N3O2/c1-9(2)16-15-17-13-7-6-12(20-11(5)19)8-14(13)18(15)10(3)4/h6-10H,1-5H3,(H,16,17). The summed E-state index contributed by atoms with van der Waals surface area (Å²) >= 11 is 0. The molecule has 108 valence electrons. The van der Waals surface area contributed by atoms with Crippen LogP contribution in [0.15, 0.2) is 18.2 Å². The fraction of sp³-hybridized carbons (Fsp3) is 0.467. The second-order valence-electron chi connectivity index (χ2n) is 5.44. The van der Waals surface area contributed by atoms with E-state index in [4.69, 9.17) is 4.74 Å². The topological polar surface area (TPSA) is 56.1 Å². The van der Waals surface area contributed by atoms with Crippen LogP contribution in [-0.2, 0) is 4.79 Å². The summed E-state index contributed by atoms with van der Waals surface area (Å²) < 4.78 is 7.26. The van der Waals surface area contributed by atoms with Gasteiger partial charge in [0.15, 0.2) is 0 Å². The van der Waals surface area contributed by atoms with Crippen LogP contribution in [0.2, 0.25) is 0 Å². The Hall–Kier alpha value is -2.04. The van der Waals surface area contributed by atoms with Crippen molar-refractivity contribution in [3.8, 4) is 5.75 Å². The van der Waals surface area contributed by atoms with E-state index in [0.29, 0.717) is 11.8 Å². The molecule has 2 aromatic rings. The van der Waals surface area contributed by atoms with E-state index in [-0.39, 0.29) is 12.0 Å². The molecule has 0 aliphatic heterocycles. The van der Waals surface area contributed by atoms with Crippen molar-refractivity contribution in [2.45, 2.75) is 46.7 Å². The summed E-state index contributed by atoms with van der Waals surface area (Å²) in [5.74, 6) is 1.06. The number of nitrogens with one attached hydrogen (secondary N) is 1. The molecule has 5 heteroatoms. The number of imidazole rings is 1. The van der Waals surface area contributed by atoms with Crippen LogP contribution >= 0.6 is 0 Å². The van der Waals surface area contributed by atoms with Gasteiger partial charge in [0, 0.05) is 25.1 Å². The van der Waals surface area contributed by atoms with E-state index in [2.05, 4.69) is 42.6 Å². The molecule has 20 heavy (non-hydrogen) atoms. The number of ether oxygens (including phenoxy) is 1. The molecule has 0 fully saturated rings. The molecule has 0 saturated heterocycles. The van der Waals surface area contributed by atoms with Crippen molar-refractivity contribution in [2.75, 3.05) is 5.32 Å². The maximum absolute atomic E-state index is 11.1. The lowest BCUT2D eigenvalue weighted by atomic mass is 10.2. The van der Waals surface area contributed by atoms with Gasteiger partial charge in [-0.25, -0.2) is 4.98 Å². The molecule has 1 N–H and O–H groups in total. The predicted molar refractivity (Wildman–Crippen MR) is 80.2 cm³/mol. The number of hydrogen-bond donors (Lipinski definition) is 1. The van der Waals surface area contributed by atoms with Gasteiger partial charge in [-0.2, -0.15) is 0 Å². The van der Waals surface area contributed by atoms with Crippen molar-refractivity contribution in [1.82, 2.24) is 9.55 Å². The van der Waals surface area contributed by atoms with E-state index < -0.39 is 0 Å². The number of carbonyl (C=O) groups is 1. The Bertz CT molecular complexity index is 629. The molecule has 0 unspecified atom stereocenters. The lowest BCUT2D eigenvalue weighted by Gasteiger charge is -2.16. The molecule has 0 atom stereocenters. The van der Waals surface area contributed by atoms with Crippen molar-refractivity contribution >= 4 is 23.0 Å². The molecule has 0 aliphatic rings. The normalized spacial score (nSPS) is 11.3. The highest BCUT2D eigenvalue weighted by molar-refractivity contribution is 5.81. The van der Waals surface area contributed by atoms with Gasteiger partial charge in [0.25, 0.3) is 0 Å². The summed E-state index contributed by atoms with van der Waals surface area (Å²) in [4.78, 5) is 15.7. The fourth-order valence-corrected chi connectivity index (χ4v) is 2.19. The van der Waals surface area contributed by atoms with Crippen molar-refractivity contribution < 1.29 is 9.53 Å². The van der Waals surface area contributed by atoms with Crippen LogP contribution in [0.5, 0.6) is 5.75 Å². The average molecular weight is 275 g/mol. The number of hydrogen-bond acceptors (Lipinski definition) is 4. The molecule has 0 saturated carbocycles. The van der Waals surface area contributed by atoms with E-state index in [0.717, 1.165) is 17.0 Å². The molecule has 1 aromatic carbocycles. The summed E-state index contributed by atoms with van der Waals surface area (Å²) in [5, 5.41) is 3.35. The predicted octanol–water partition coefficient (Wildman–Crippen LogP) is 3.36. The molecule has 5 nitrogen and oxygen atoms in total. The molecule has 1 aromatic heterocycles. The Labute approximate surface area is 118 Å². The van der Waals surface area contributed by atoms with Gasteiger partial charge < -0.3 is 14.6 Å². The van der Waals surface area contributed by atoms with E-state index >= 15 is 0 Å². The molecular formula is C15H21N3O2. The number of esters is 1. The summed E-state index contributed by atoms with van der Waals surface area (Å²) in [6.45, 7) is 9.76. The van der Waals surface area contributed by atoms with Crippen molar-refractivity contribution in [3.05, 3.63) is 18.2 Å². The van der Waals surface area contributed by atoms with Crippen LogP contribution in [0.3, 0.4) is 0 Å². The third-order valence-electron chi connectivity index (χ3n) is 2.86. The van der Waals surface area contributed by atoms with Gasteiger partial charge in [0.05, 0.1) is 11.0 Å². The van der Waals surface area contributed by atoms with Crippen LogP contribution in [0, 0.1) is 0 Å². The Balaban J connectivity index is 2.54. The molecule has 0 radical (unpaired) electrons. The van der Waals surface area contributed by atoms with Crippen LogP contribution in [0.25, 0.3) is 11.0 Å². The molecule has 0 bridgehead atoms. The van der Waals surface area contributed by atoms with Crippen LogP contribution < -0.4 is 10.1 Å². The first-order chi connectivity index (χ1) is 9.38. The van der Waals surface area contributed by atoms with E-state index in [1.807, 2.05) is 12.1 Å². The number of nitrogens with zero attached hydrogens (tertiary/aromatic N) is 2. The van der Waals surface area contributed by atoms with Crippen molar-refractivity contribution in [1.29, 1.82) is 0 Å². The molecule has 0 amide bonds. The first kappa shape index (κ1) is 14.4. The number of anilines is 1. The summed E-state index contributed by atoms with van der Waals surface area (Å²) in [6.07, 6.45) is 0. The van der Waals surface area contributed by atoms with Gasteiger partial charge in [-0.05, 0) is 39.8 Å². The Kier molecular flexibility index (Phi) is 3.97. The van der Waals surface area contributed by atoms with E-state index in [1.165, 1.54) is 6.92 Å². The molecule has 0 spiro atoms. The Morgan fingerprint density at radius 3 is 2.55 bits per heavy atom. The van der Waals surface area contributed by atoms with E-state index in [9.17, 15) is 4.79 Å². The third-order valence-corrected chi connectivity index (χ3v) is 2.86. The van der Waals surface area contributed by atoms with Gasteiger partial charge in [0.1, 0.15) is 5.75 Å². The zero-order valence-corrected chi connectivity index (χ0v) is 12.6. The number of fused-ring (bicyclic) bond motifs is 1. The minimum Gasteiger partial charge on any atom is -0.427 e. The first-order valence-electron chi connectivity index (χ1n) is 6.85. The van der Waals surface area contributed by atoms with Gasteiger partial charge in [-0.3, -0.25) is 4.79 Å². The highest BCUT2D eigenvalue weighted by Gasteiger charge is 2.15. The summed E-state index contributed by atoms with van der Waals surface area (Å²) in [7, 11) is 0. The third kappa shape index (κ3) is 2.92. The summed E-state index contributed by atoms with van der Waals surface area (Å²) in [6, 6.07) is 6.06. The zero-order valence-electron chi connectivity index (χ0n) is 12.6. The van der Waals surface area contributed by atoms with Crippen LogP contribution in [0.1, 0.15) is 40.7 Å². The molecule has 0 aliphatic carbocycles. The molecular weight excluding hydrogens is 254 g/mol. The smallest absolute Gasteiger partial charge is 0.308 e. The van der Waals surface area contributed by atoms with Gasteiger partial charge in [0.2, 0.25) is 5.95 Å². The molecule has 2 rings (SSSR count). The minimum absolute atomic E-state index is 0.258. The average Bonchev–Trinajstić information content (AvgIpc) is 2.64. The van der Waals surface area contributed by atoms with Gasteiger partial charge >= 0.3 is 5.97 Å². The van der Waals surface area contributed by atoms with Crippen molar-refractivity contribution in [3.63, 3.8) is 0 Å². The number of benzene rings is 1. The van der Waals surface area contributed by atoms with Gasteiger partial charge in [-0.15, -0.1) is 0 Å². The maximum atomic E-state index is 11.1. The largest absolute Gasteiger partial charge is 0.427 e. The SMILES string of the molecule is CC(=O)Oc1ccc2nc(NC(C)C)n(C(C)C)c2c1. The number of aromatic nitrogens is 2. The van der Waals surface area contributed by atoms with Crippen LogP contribution in [-0.4, -0.2) is 21.6 Å². The monoisotopic (exact) mass is 275 g/mol. The Morgan fingerprint density at radius 1 is 1.30 bits per heavy atom. The number of rotatable bonds is 4. The Morgan fingerprint density at radius 2 is 2.00 bits per heavy atom. The van der Waals surface area contributed by atoms with Crippen LogP contribution in [0.4, 0.5) is 5.95 Å². The quantitative estimate of drug-likeness (QED) is 0.686. The van der Waals surface area contributed by atoms with E-state index in [1.54, 1.807) is 6.07 Å². The minimum atomic E-state index is -0.319.